The number of Topliss-reactive ketones (excluding diaryl/α,β-unsaturated/α-hetero) is 1. The predicted octanol–water partition coefficient (Wildman–Crippen LogP) is 3.31. The van der Waals surface area contributed by atoms with E-state index in [9.17, 15) is 35.9 Å². The molecule has 0 aromatic heterocycles. The van der Waals surface area contributed by atoms with Crippen LogP contribution in [0.15, 0.2) is 0 Å². The molecule has 2 aliphatic rings. The fourth-order valence-electron chi connectivity index (χ4n) is 3.10. The quantitative estimate of drug-likeness (QED) is 0.720. The Kier molecular flexibility index (Phi) is 4.31. The van der Waals surface area contributed by atoms with Gasteiger partial charge in [-0.1, -0.05) is 0 Å². The molecule has 1 heterocycles. The minimum Gasteiger partial charge on any atom is -0.426 e. The number of hydrogen-bond acceptors (Lipinski definition) is 3. The Balaban J connectivity index is 1.94. The van der Waals surface area contributed by atoms with Crippen LogP contribution < -0.4 is 0 Å². The third-order valence-corrected chi connectivity index (χ3v) is 4.51. The molecule has 1 saturated heterocycles. The standard InChI is InChI=1S/C13H15F6NO3/c1-7(21)8-6-11(8)2-4-20(5-3-11)10(22)23-9(12(14,15)16)13(17,18)19/h8-9H,2-6H2,1H3/t8-/m0/s1. The van der Waals surface area contributed by atoms with Gasteiger partial charge in [0.05, 0.1) is 0 Å². The maximum absolute atomic E-state index is 12.4. The summed E-state index contributed by atoms with van der Waals surface area (Å²) in [5.41, 5.74) is -0.254. The van der Waals surface area contributed by atoms with E-state index in [0.717, 1.165) is 4.90 Å². The van der Waals surface area contributed by atoms with E-state index in [2.05, 4.69) is 4.74 Å². The molecule has 1 amide bonds. The fraction of sp³-hybridized carbons (Fsp3) is 0.846. The van der Waals surface area contributed by atoms with E-state index in [1.54, 1.807) is 0 Å². The van der Waals surface area contributed by atoms with Gasteiger partial charge in [-0.25, -0.2) is 4.79 Å². The highest BCUT2D eigenvalue weighted by molar-refractivity contribution is 5.82. The van der Waals surface area contributed by atoms with Crippen molar-refractivity contribution in [3.05, 3.63) is 0 Å². The van der Waals surface area contributed by atoms with Gasteiger partial charge < -0.3 is 9.64 Å². The second-order valence-electron chi connectivity index (χ2n) is 6.06. The van der Waals surface area contributed by atoms with Crippen LogP contribution in [0.3, 0.4) is 0 Å². The molecule has 1 aliphatic heterocycles. The van der Waals surface area contributed by atoms with Crippen LogP contribution in [0.1, 0.15) is 26.2 Å². The summed E-state index contributed by atoms with van der Waals surface area (Å²) in [5.74, 6) is -0.117. The first-order valence-electron chi connectivity index (χ1n) is 6.96. The number of ketones is 1. The Morgan fingerprint density at radius 1 is 1.09 bits per heavy atom. The van der Waals surface area contributed by atoms with Crippen molar-refractivity contribution >= 4 is 11.9 Å². The molecule has 0 aromatic rings. The van der Waals surface area contributed by atoms with Crippen LogP contribution in [-0.2, 0) is 9.53 Å². The van der Waals surface area contributed by atoms with Crippen LogP contribution in [0.4, 0.5) is 31.1 Å². The molecule has 2 rings (SSSR count). The zero-order valence-corrected chi connectivity index (χ0v) is 12.1. The number of carbonyl (C=O) groups is 2. The van der Waals surface area contributed by atoms with Gasteiger partial charge >= 0.3 is 18.4 Å². The number of halogens is 6. The smallest absolute Gasteiger partial charge is 0.426 e. The summed E-state index contributed by atoms with van der Waals surface area (Å²) in [4.78, 5) is 23.7. The number of hydrogen-bond donors (Lipinski definition) is 0. The van der Waals surface area contributed by atoms with Crippen LogP contribution in [0.2, 0.25) is 0 Å². The van der Waals surface area contributed by atoms with Crippen molar-refractivity contribution in [3.8, 4) is 0 Å². The van der Waals surface area contributed by atoms with Gasteiger partial charge in [0.15, 0.2) is 0 Å². The van der Waals surface area contributed by atoms with Crippen molar-refractivity contribution in [1.82, 2.24) is 4.90 Å². The van der Waals surface area contributed by atoms with Crippen molar-refractivity contribution in [2.75, 3.05) is 13.1 Å². The minimum atomic E-state index is -5.72. The summed E-state index contributed by atoms with van der Waals surface area (Å²) in [6, 6.07) is 0. The SMILES string of the molecule is CC(=O)[C@@H]1CC12CCN(C(=O)OC(C(F)(F)F)C(F)(F)F)CC2. The van der Waals surface area contributed by atoms with E-state index in [0.29, 0.717) is 19.3 Å². The van der Waals surface area contributed by atoms with Crippen molar-refractivity contribution in [1.29, 1.82) is 0 Å². The van der Waals surface area contributed by atoms with Crippen molar-refractivity contribution in [2.45, 2.75) is 44.6 Å². The highest BCUT2D eigenvalue weighted by Crippen LogP contribution is 2.59. The highest BCUT2D eigenvalue weighted by Gasteiger charge is 2.61. The third-order valence-electron chi connectivity index (χ3n) is 4.51. The van der Waals surface area contributed by atoms with Crippen LogP contribution in [0.5, 0.6) is 0 Å². The molecule has 1 atom stereocenters. The number of amides is 1. The number of piperidine rings is 1. The predicted molar refractivity (Wildman–Crippen MR) is 64.4 cm³/mol. The summed E-state index contributed by atoms with van der Waals surface area (Å²) in [5, 5.41) is 0. The van der Waals surface area contributed by atoms with Gasteiger partial charge in [0.2, 0.25) is 0 Å². The summed E-state index contributed by atoms with van der Waals surface area (Å²) in [7, 11) is 0. The van der Waals surface area contributed by atoms with Crippen molar-refractivity contribution in [3.63, 3.8) is 0 Å². The molecule has 0 aromatic carbocycles. The monoisotopic (exact) mass is 347 g/mol. The average molecular weight is 347 g/mol. The van der Waals surface area contributed by atoms with Crippen LogP contribution in [-0.4, -0.2) is 48.3 Å². The van der Waals surface area contributed by atoms with Crippen molar-refractivity contribution < 1.29 is 40.7 Å². The fourth-order valence-corrected chi connectivity index (χ4v) is 3.10. The van der Waals surface area contributed by atoms with Crippen LogP contribution in [0.25, 0.3) is 0 Å². The van der Waals surface area contributed by atoms with Crippen LogP contribution in [0, 0.1) is 11.3 Å². The minimum absolute atomic E-state index is 0.00948. The van der Waals surface area contributed by atoms with E-state index < -0.39 is 24.5 Å². The van der Waals surface area contributed by atoms with Gasteiger partial charge in [0.25, 0.3) is 6.10 Å². The van der Waals surface area contributed by atoms with Gasteiger partial charge in [0.1, 0.15) is 5.78 Å². The second-order valence-corrected chi connectivity index (χ2v) is 6.06. The van der Waals surface area contributed by atoms with Crippen LogP contribution >= 0.6 is 0 Å². The van der Waals surface area contributed by atoms with Gasteiger partial charge in [-0.15, -0.1) is 0 Å². The van der Waals surface area contributed by atoms with E-state index in [-0.39, 0.29) is 30.2 Å². The molecule has 0 radical (unpaired) electrons. The Morgan fingerprint density at radius 2 is 1.57 bits per heavy atom. The zero-order valence-electron chi connectivity index (χ0n) is 12.1. The summed E-state index contributed by atoms with van der Waals surface area (Å²) in [6.07, 6.45) is -15.8. The lowest BCUT2D eigenvalue weighted by Crippen LogP contribution is -2.49. The maximum Gasteiger partial charge on any atom is 0.434 e. The Bertz CT molecular complexity index is 479. The molecule has 0 bridgehead atoms. The zero-order chi connectivity index (χ0) is 17.6. The summed E-state index contributed by atoms with van der Waals surface area (Å²) >= 11 is 0. The topological polar surface area (TPSA) is 46.6 Å². The largest absolute Gasteiger partial charge is 0.434 e. The van der Waals surface area contributed by atoms with E-state index in [1.807, 2.05) is 0 Å². The van der Waals surface area contributed by atoms with Gasteiger partial charge in [-0.2, -0.15) is 26.3 Å². The lowest BCUT2D eigenvalue weighted by Gasteiger charge is -2.33. The number of ether oxygens (including phenoxy) is 1. The highest BCUT2D eigenvalue weighted by atomic mass is 19.4. The van der Waals surface area contributed by atoms with E-state index in [1.165, 1.54) is 6.92 Å². The molecule has 0 unspecified atom stereocenters. The van der Waals surface area contributed by atoms with E-state index >= 15 is 0 Å². The second kappa shape index (κ2) is 5.55. The third kappa shape index (κ3) is 3.72. The Labute approximate surface area is 127 Å². The van der Waals surface area contributed by atoms with Gasteiger partial charge in [-0.05, 0) is 31.6 Å². The van der Waals surface area contributed by atoms with Crippen molar-refractivity contribution in [2.24, 2.45) is 11.3 Å². The lowest BCUT2D eigenvalue weighted by atomic mass is 9.90. The molecule has 1 spiro atoms. The number of carbonyl (C=O) groups excluding carboxylic acids is 2. The van der Waals surface area contributed by atoms with Gasteiger partial charge in [0, 0.05) is 19.0 Å². The molecule has 4 nitrogen and oxygen atoms in total. The Morgan fingerprint density at radius 3 is 1.91 bits per heavy atom. The first kappa shape index (κ1) is 17.9. The normalized spacial score (nSPS) is 24.0. The maximum atomic E-state index is 12.4. The summed E-state index contributed by atoms with van der Waals surface area (Å²) in [6.45, 7) is 1.40. The first-order valence-corrected chi connectivity index (χ1v) is 6.96. The molecule has 0 N–H and O–H groups in total. The lowest BCUT2D eigenvalue weighted by molar-refractivity contribution is -0.308. The number of alkyl halides is 6. The Hall–Kier alpha value is -1.48. The molecule has 10 heteroatoms. The first-order chi connectivity index (χ1) is 10.4. The molecule has 2 fully saturated rings. The molecule has 1 saturated carbocycles. The van der Waals surface area contributed by atoms with Gasteiger partial charge in [-0.3, -0.25) is 4.79 Å². The molecular formula is C13H15F6NO3. The summed E-state index contributed by atoms with van der Waals surface area (Å²) < 4.78 is 77.8. The molecule has 23 heavy (non-hydrogen) atoms. The molecule has 1 aliphatic carbocycles. The number of nitrogens with zero attached hydrogens (tertiary/aromatic N) is 1. The molecular weight excluding hydrogens is 332 g/mol. The number of likely N-dealkylation sites (tertiary alicyclic amines) is 1. The number of rotatable bonds is 2. The molecule has 132 valence electrons. The van der Waals surface area contributed by atoms with E-state index in [4.69, 9.17) is 0 Å². The average Bonchev–Trinajstić information content (AvgIpc) is 3.08.